The van der Waals surface area contributed by atoms with Crippen LogP contribution in [-0.4, -0.2) is 274 Å². The molecule has 0 spiro atoms. The van der Waals surface area contributed by atoms with E-state index in [0.717, 1.165) is 24.8 Å². The second kappa shape index (κ2) is 25.8. The summed E-state index contributed by atoms with van der Waals surface area (Å²) in [5.74, 6) is -0.576. The molecule has 26 heteroatoms. The third-order valence-corrected chi connectivity index (χ3v) is 22.2. The summed E-state index contributed by atoms with van der Waals surface area (Å²) in [6.45, 7) is 14.3. The summed E-state index contributed by atoms with van der Waals surface area (Å²) in [5.41, 5.74) is -1.75. The molecule has 5 aliphatic heterocycles. The zero-order valence-electron chi connectivity index (χ0n) is 49.5. The largest absolute Gasteiger partial charge is 0.394 e. The average Bonchev–Trinajstić information content (AvgIpc) is 1.22. The maximum absolute atomic E-state index is 12.9. The minimum atomic E-state index is -1.88. The molecule has 0 bridgehead atoms. The highest BCUT2D eigenvalue weighted by molar-refractivity contribution is 5.21. The summed E-state index contributed by atoms with van der Waals surface area (Å²) in [4.78, 5) is 0. The zero-order valence-corrected chi connectivity index (χ0v) is 49.5. The second-order valence-electron chi connectivity index (χ2n) is 27.7. The Kier molecular flexibility index (Phi) is 20.6. The highest BCUT2D eigenvalue weighted by Crippen LogP contribution is 2.76. The van der Waals surface area contributed by atoms with Crippen molar-refractivity contribution >= 4 is 0 Å². The maximum Gasteiger partial charge on any atom is 0.187 e. The Balaban J connectivity index is 0.934. The minimum Gasteiger partial charge on any atom is -0.394 e. The van der Waals surface area contributed by atoms with Crippen LogP contribution < -0.4 is 0 Å². The van der Waals surface area contributed by atoms with Gasteiger partial charge in [-0.3, -0.25) is 0 Å². The molecule has 5 saturated heterocycles. The number of allylic oxidation sites excluding steroid dienone is 2. The molecule has 9 fully saturated rings. The summed E-state index contributed by atoms with van der Waals surface area (Å²) in [6, 6.07) is 0. The molecule has 0 radical (unpaired) electrons. The average molecular weight is 1210 g/mol. The molecule has 33 atom stereocenters. The van der Waals surface area contributed by atoms with Crippen LogP contribution in [0.2, 0.25) is 0 Å². The van der Waals surface area contributed by atoms with E-state index in [1.807, 2.05) is 20.8 Å². The highest BCUT2D eigenvalue weighted by Gasteiger charge is 2.72. The fourth-order valence-electron chi connectivity index (χ4n) is 17.2. The first kappa shape index (κ1) is 67.1. The molecule has 0 amide bonds. The van der Waals surface area contributed by atoms with E-state index < -0.39 is 196 Å². The molecule has 9 aliphatic rings. The molecular formula is C58H98O26. The van der Waals surface area contributed by atoms with E-state index in [9.17, 15) is 81.7 Å². The lowest BCUT2D eigenvalue weighted by Gasteiger charge is -2.71. The molecule has 16 N–H and O–H groups in total. The smallest absolute Gasteiger partial charge is 0.187 e. The number of hydrogen-bond acceptors (Lipinski definition) is 26. The van der Waals surface area contributed by atoms with Crippen molar-refractivity contribution in [3.63, 3.8) is 0 Å². The molecule has 29 unspecified atom stereocenters. The summed E-state index contributed by atoms with van der Waals surface area (Å²) in [5, 5.41) is 175. The summed E-state index contributed by atoms with van der Waals surface area (Å²) < 4.78 is 60.9. The van der Waals surface area contributed by atoms with Crippen molar-refractivity contribution in [1.82, 2.24) is 0 Å². The van der Waals surface area contributed by atoms with E-state index in [0.29, 0.717) is 38.5 Å². The lowest BCUT2D eigenvalue weighted by Crippen LogP contribution is -2.68. The van der Waals surface area contributed by atoms with Crippen LogP contribution in [-0.2, 0) is 47.4 Å². The lowest BCUT2D eigenvalue weighted by molar-refractivity contribution is -0.395. The van der Waals surface area contributed by atoms with Crippen LogP contribution in [0.4, 0.5) is 0 Å². The van der Waals surface area contributed by atoms with E-state index in [1.54, 1.807) is 0 Å². The molecular weight excluding hydrogens is 1110 g/mol. The number of aliphatic hydroxyl groups excluding tert-OH is 16. The van der Waals surface area contributed by atoms with Crippen molar-refractivity contribution < 1.29 is 129 Å². The van der Waals surface area contributed by atoms with Gasteiger partial charge < -0.3 is 129 Å². The van der Waals surface area contributed by atoms with Crippen molar-refractivity contribution in [3.05, 3.63) is 11.6 Å². The van der Waals surface area contributed by atoms with E-state index in [1.165, 1.54) is 0 Å². The first-order valence-corrected chi connectivity index (χ1v) is 30.2. The van der Waals surface area contributed by atoms with Gasteiger partial charge in [-0.2, -0.15) is 0 Å². The van der Waals surface area contributed by atoms with E-state index in [4.69, 9.17) is 47.4 Å². The van der Waals surface area contributed by atoms with Crippen LogP contribution >= 0.6 is 0 Å². The first-order chi connectivity index (χ1) is 39.4. The van der Waals surface area contributed by atoms with E-state index in [-0.39, 0.29) is 41.1 Å². The molecule has 26 nitrogen and oxygen atoms in total. The van der Waals surface area contributed by atoms with Gasteiger partial charge in [0.05, 0.1) is 50.8 Å². The van der Waals surface area contributed by atoms with Gasteiger partial charge in [0.2, 0.25) is 0 Å². The predicted molar refractivity (Wildman–Crippen MR) is 287 cm³/mol. The Bertz CT molecular complexity index is 2210. The van der Waals surface area contributed by atoms with E-state index in [2.05, 4.69) is 40.7 Å². The van der Waals surface area contributed by atoms with Crippen molar-refractivity contribution in [2.45, 2.75) is 272 Å². The molecule has 84 heavy (non-hydrogen) atoms. The van der Waals surface area contributed by atoms with Crippen LogP contribution in [0.15, 0.2) is 11.6 Å². The summed E-state index contributed by atoms with van der Waals surface area (Å²) in [6.07, 6.45) is -30.9. The molecule has 5 heterocycles. The molecule has 4 saturated carbocycles. The quantitative estimate of drug-likeness (QED) is 0.0507. The van der Waals surface area contributed by atoms with Crippen molar-refractivity contribution in [2.75, 3.05) is 33.0 Å². The minimum absolute atomic E-state index is 0.00387. The van der Waals surface area contributed by atoms with Crippen molar-refractivity contribution in [3.8, 4) is 0 Å². The summed E-state index contributed by atoms with van der Waals surface area (Å²) >= 11 is 0. The SMILES string of the molecule is CC(C)=CCC[C@](C)(OC1OC(COC2OCC(O)C(O)C2O)C(O)C(O)C1O)C1CC[C@]2(C)C1C(O)CC1[C@@]3(C)CCC(OC4OC(CO)C(O)C(O)C4OC4OC(CO)C(O)C(O)C4OC4OCC(O)C(O)C4O)C(C)(C)C3CC[C@]12C. The Labute approximate surface area is 490 Å². The van der Waals surface area contributed by atoms with Gasteiger partial charge in [0, 0.05) is 0 Å². The third-order valence-electron chi connectivity index (χ3n) is 22.2. The monoisotopic (exact) mass is 1210 g/mol. The van der Waals surface area contributed by atoms with Gasteiger partial charge in [-0.1, -0.05) is 46.3 Å². The van der Waals surface area contributed by atoms with Gasteiger partial charge in [-0.15, -0.1) is 0 Å². The summed E-state index contributed by atoms with van der Waals surface area (Å²) in [7, 11) is 0. The molecule has 0 aromatic heterocycles. The number of fused-ring (bicyclic) bond motifs is 5. The number of hydrogen-bond donors (Lipinski definition) is 16. The highest BCUT2D eigenvalue weighted by atomic mass is 16.8. The fraction of sp³-hybridized carbons (Fsp3) is 0.966. The standard InChI is InChI=1S/C58H98O26/c1-24(2)10-9-14-58(8,84-51-46(74)41(69)40(68)31(80-51)23-77-49-44(72)36(64)27(62)21-75-49)25-11-16-57(7)35(25)26(61)18-33-55(5)15-13-34(54(3,4)32(55)12-17-56(33,57)6)81-52-47(42(70)38(66)29(19-59)78-52)83-53-48(43(71)39(67)30(20-60)79-53)82-50-45(73)37(65)28(63)22-76-50/h10,25-53,59-74H,9,11-23H2,1-8H3/t25?,26?,27?,28?,29?,30?,31?,32?,33?,34?,35?,36?,37?,38?,39?,40?,41?,42?,43?,44?,45?,46?,47?,48?,49?,50?,51?,52?,53?,55-,56+,57+,58-/m0/s1. The number of rotatable bonds is 17. The zero-order chi connectivity index (χ0) is 61.5. The van der Waals surface area contributed by atoms with Crippen LogP contribution in [0.3, 0.4) is 0 Å². The predicted octanol–water partition coefficient (Wildman–Crippen LogP) is -3.10. The van der Waals surface area contributed by atoms with Crippen LogP contribution in [0.5, 0.6) is 0 Å². The number of aliphatic hydroxyl groups is 16. The van der Waals surface area contributed by atoms with Gasteiger partial charge in [0.25, 0.3) is 0 Å². The van der Waals surface area contributed by atoms with Crippen LogP contribution in [0, 0.1) is 45.3 Å². The second-order valence-corrected chi connectivity index (χ2v) is 27.7. The first-order valence-electron chi connectivity index (χ1n) is 30.2. The van der Waals surface area contributed by atoms with Gasteiger partial charge >= 0.3 is 0 Å². The molecule has 4 aliphatic carbocycles. The normalized spacial score (nSPS) is 53.0. The Morgan fingerprint density at radius 3 is 1.62 bits per heavy atom. The Hall–Kier alpha value is -1.30. The Morgan fingerprint density at radius 1 is 0.524 bits per heavy atom. The van der Waals surface area contributed by atoms with Gasteiger partial charge in [0.15, 0.2) is 31.5 Å². The van der Waals surface area contributed by atoms with Crippen molar-refractivity contribution in [2.24, 2.45) is 45.3 Å². The Morgan fingerprint density at radius 2 is 1.04 bits per heavy atom. The van der Waals surface area contributed by atoms with Crippen LogP contribution in [0.25, 0.3) is 0 Å². The maximum atomic E-state index is 12.9. The topological polar surface area (TPSA) is 416 Å². The van der Waals surface area contributed by atoms with Gasteiger partial charge in [0.1, 0.15) is 110 Å². The lowest BCUT2D eigenvalue weighted by atomic mass is 9.35. The van der Waals surface area contributed by atoms with Crippen LogP contribution in [0.1, 0.15) is 113 Å². The fourth-order valence-corrected chi connectivity index (χ4v) is 17.2. The molecule has 486 valence electrons. The molecule has 0 aromatic carbocycles. The van der Waals surface area contributed by atoms with Crippen molar-refractivity contribution in [1.29, 1.82) is 0 Å². The third kappa shape index (κ3) is 12.0. The molecule has 9 rings (SSSR count). The molecule has 0 aromatic rings. The number of ether oxygens (including phenoxy) is 10. The van der Waals surface area contributed by atoms with Gasteiger partial charge in [-0.05, 0) is 124 Å². The van der Waals surface area contributed by atoms with Gasteiger partial charge in [-0.25, -0.2) is 0 Å². The van der Waals surface area contributed by atoms with E-state index >= 15 is 0 Å².